The van der Waals surface area contributed by atoms with Crippen LogP contribution >= 0.6 is 11.8 Å². The van der Waals surface area contributed by atoms with Crippen molar-refractivity contribution in [3.8, 4) is 0 Å². The molecule has 0 spiro atoms. The molecule has 6 nitrogen and oxygen atoms in total. The van der Waals surface area contributed by atoms with Gasteiger partial charge in [0.2, 0.25) is 0 Å². The number of nitro groups is 1. The Balaban J connectivity index is 2.34. The lowest BCUT2D eigenvalue weighted by Crippen LogP contribution is -1.98. The minimum atomic E-state index is -0.503. The molecule has 0 unspecified atom stereocenters. The molecule has 0 amide bonds. The lowest BCUT2D eigenvalue weighted by Gasteiger charge is -2.07. The van der Waals surface area contributed by atoms with Gasteiger partial charge in [-0.3, -0.25) is 10.1 Å². The van der Waals surface area contributed by atoms with Crippen LogP contribution in [0, 0.1) is 30.9 Å². The van der Waals surface area contributed by atoms with E-state index in [9.17, 15) is 15.2 Å². The van der Waals surface area contributed by atoms with Crippen molar-refractivity contribution in [2.75, 3.05) is 0 Å². The van der Waals surface area contributed by atoms with Gasteiger partial charge in [0.05, 0.1) is 17.1 Å². The zero-order valence-electron chi connectivity index (χ0n) is 12.0. The van der Waals surface area contributed by atoms with Gasteiger partial charge >= 0.3 is 0 Å². The van der Waals surface area contributed by atoms with Gasteiger partial charge in [-0.2, -0.15) is 0 Å². The molecule has 2 rings (SSSR count). The largest absolute Gasteiger partial charge is 0.391 e. The van der Waals surface area contributed by atoms with E-state index in [1.54, 1.807) is 12.1 Å². The van der Waals surface area contributed by atoms with Gasteiger partial charge in [-0.05, 0) is 50.2 Å². The molecule has 0 aliphatic carbocycles. The third-order valence-electron chi connectivity index (χ3n) is 3.24. The van der Waals surface area contributed by atoms with Crippen molar-refractivity contribution in [2.24, 2.45) is 0 Å². The summed E-state index contributed by atoms with van der Waals surface area (Å²) in [7, 11) is 0. The standard InChI is InChI=1S/C14H15N3O3S/c1-8-9(2)15-14(16-10(8)3)21-12-4-5-13(17(19)20)11(6-12)7-18/h4-6,18H,7H2,1-3H3. The van der Waals surface area contributed by atoms with Crippen molar-refractivity contribution < 1.29 is 10.0 Å². The van der Waals surface area contributed by atoms with Crippen LogP contribution in [0.25, 0.3) is 0 Å². The average molecular weight is 305 g/mol. The third kappa shape index (κ3) is 3.37. The zero-order valence-corrected chi connectivity index (χ0v) is 12.8. The summed E-state index contributed by atoms with van der Waals surface area (Å²) in [6, 6.07) is 4.62. The molecule has 1 heterocycles. The second-order valence-electron chi connectivity index (χ2n) is 4.61. The highest BCUT2D eigenvalue weighted by molar-refractivity contribution is 7.99. The van der Waals surface area contributed by atoms with Crippen molar-refractivity contribution in [1.82, 2.24) is 9.97 Å². The van der Waals surface area contributed by atoms with Crippen molar-refractivity contribution >= 4 is 17.4 Å². The summed E-state index contributed by atoms with van der Waals surface area (Å²) >= 11 is 1.32. The van der Waals surface area contributed by atoms with Crippen LogP contribution in [0.15, 0.2) is 28.3 Å². The van der Waals surface area contributed by atoms with Gasteiger partial charge in [-0.25, -0.2) is 9.97 Å². The highest BCUT2D eigenvalue weighted by atomic mass is 32.2. The molecule has 0 aliphatic rings. The summed E-state index contributed by atoms with van der Waals surface area (Å²) in [6.45, 7) is 5.43. The Kier molecular flexibility index (Phi) is 4.54. The summed E-state index contributed by atoms with van der Waals surface area (Å²) in [5.41, 5.74) is 3.08. The third-order valence-corrected chi connectivity index (χ3v) is 4.09. The molecular formula is C14H15N3O3S. The predicted octanol–water partition coefficient (Wildman–Crippen LogP) is 2.95. The molecule has 0 bridgehead atoms. The minimum Gasteiger partial charge on any atom is -0.391 e. The van der Waals surface area contributed by atoms with Crippen molar-refractivity contribution in [1.29, 1.82) is 0 Å². The van der Waals surface area contributed by atoms with Crippen LogP contribution in [0.5, 0.6) is 0 Å². The molecule has 0 saturated heterocycles. The quantitative estimate of drug-likeness (QED) is 0.530. The van der Waals surface area contributed by atoms with E-state index < -0.39 is 4.92 Å². The maximum Gasteiger partial charge on any atom is 0.274 e. The molecule has 0 saturated carbocycles. The van der Waals surface area contributed by atoms with E-state index in [0.717, 1.165) is 21.8 Å². The lowest BCUT2D eigenvalue weighted by atomic mass is 10.2. The Bertz CT molecular complexity index is 681. The number of hydrogen-bond donors (Lipinski definition) is 1. The molecule has 0 fully saturated rings. The maximum atomic E-state index is 10.8. The number of aromatic nitrogens is 2. The van der Waals surface area contributed by atoms with E-state index in [2.05, 4.69) is 9.97 Å². The normalized spacial score (nSPS) is 10.7. The second kappa shape index (κ2) is 6.19. The molecule has 1 aromatic carbocycles. The van der Waals surface area contributed by atoms with Crippen LogP contribution in [-0.2, 0) is 6.61 Å². The monoisotopic (exact) mass is 305 g/mol. The molecular weight excluding hydrogens is 290 g/mol. The summed E-state index contributed by atoms with van der Waals surface area (Å²) < 4.78 is 0. The molecule has 0 radical (unpaired) electrons. The number of nitro benzene ring substituents is 1. The zero-order chi connectivity index (χ0) is 15.6. The predicted molar refractivity (Wildman–Crippen MR) is 79.4 cm³/mol. The van der Waals surface area contributed by atoms with E-state index in [-0.39, 0.29) is 17.9 Å². The number of aryl methyl sites for hydroxylation is 2. The maximum absolute atomic E-state index is 10.8. The van der Waals surface area contributed by atoms with Crippen molar-refractivity contribution in [3.05, 3.63) is 50.8 Å². The van der Waals surface area contributed by atoms with Gasteiger partial charge < -0.3 is 5.11 Å². The average Bonchev–Trinajstić information content (AvgIpc) is 2.44. The molecule has 2 aromatic rings. The van der Waals surface area contributed by atoms with Crippen LogP contribution in [0.3, 0.4) is 0 Å². The lowest BCUT2D eigenvalue weighted by molar-refractivity contribution is -0.385. The topological polar surface area (TPSA) is 89.2 Å². The van der Waals surface area contributed by atoms with E-state index in [1.165, 1.54) is 17.8 Å². The number of benzene rings is 1. The first-order valence-corrected chi connectivity index (χ1v) is 7.12. The van der Waals surface area contributed by atoms with E-state index >= 15 is 0 Å². The molecule has 110 valence electrons. The first-order chi connectivity index (χ1) is 9.92. The van der Waals surface area contributed by atoms with Gasteiger partial charge in [-0.15, -0.1) is 0 Å². The Morgan fingerprint density at radius 1 is 1.24 bits per heavy atom. The van der Waals surface area contributed by atoms with Gasteiger partial charge in [0.25, 0.3) is 5.69 Å². The number of hydrogen-bond acceptors (Lipinski definition) is 6. The van der Waals surface area contributed by atoms with Crippen LogP contribution < -0.4 is 0 Å². The molecule has 1 N–H and O–H groups in total. The van der Waals surface area contributed by atoms with Gasteiger partial charge in [0.15, 0.2) is 5.16 Å². The fourth-order valence-corrected chi connectivity index (χ4v) is 2.74. The smallest absolute Gasteiger partial charge is 0.274 e. The van der Waals surface area contributed by atoms with Crippen molar-refractivity contribution in [3.63, 3.8) is 0 Å². The Labute approximate surface area is 126 Å². The fourth-order valence-electron chi connectivity index (χ4n) is 1.82. The first-order valence-electron chi connectivity index (χ1n) is 6.30. The summed E-state index contributed by atoms with van der Waals surface area (Å²) in [6.07, 6.45) is 0. The number of aliphatic hydroxyl groups is 1. The Hall–Kier alpha value is -1.99. The van der Waals surface area contributed by atoms with Crippen molar-refractivity contribution in [2.45, 2.75) is 37.4 Å². The van der Waals surface area contributed by atoms with Crippen LogP contribution in [0.2, 0.25) is 0 Å². The highest BCUT2D eigenvalue weighted by Crippen LogP contribution is 2.30. The molecule has 21 heavy (non-hydrogen) atoms. The van der Waals surface area contributed by atoms with Crippen LogP contribution in [0.1, 0.15) is 22.5 Å². The molecule has 1 aromatic heterocycles. The van der Waals surface area contributed by atoms with Gasteiger partial charge in [-0.1, -0.05) is 0 Å². The van der Waals surface area contributed by atoms with Crippen LogP contribution in [-0.4, -0.2) is 20.0 Å². The number of aliphatic hydroxyl groups excluding tert-OH is 1. The number of nitrogens with zero attached hydrogens (tertiary/aromatic N) is 3. The molecule has 7 heteroatoms. The number of rotatable bonds is 4. The Morgan fingerprint density at radius 3 is 2.38 bits per heavy atom. The molecule has 0 aliphatic heterocycles. The van der Waals surface area contributed by atoms with E-state index in [4.69, 9.17) is 0 Å². The summed E-state index contributed by atoms with van der Waals surface area (Å²) in [5.74, 6) is 0. The van der Waals surface area contributed by atoms with E-state index in [0.29, 0.717) is 5.16 Å². The minimum absolute atomic E-state index is 0.0842. The molecule has 0 atom stereocenters. The SMILES string of the molecule is Cc1nc(Sc2ccc([N+](=O)[O-])c(CO)c2)nc(C)c1C. The highest BCUT2D eigenvalue weighted by Gasteiger charge is 2.14. The fraction of sp³-hybridized carbons (Fsp3) is 0.286. The summed E-state index contributed by atoms with van der Waals surface area (Å²) in [5, 5.41) is 20.7. The van der Waals surface area contributed by atoms with Gasteiger partial charge in [0.1, 0.15) is 0 Å². The van der Waals surface area contributed by atoms with Gasteiger partial charge in [0, 0.05) is 22.3 Å². The van der Waals surface area contributed by atoms with E-state index in [1.807, 2.05) is 20.8 Å². The summed E-state index contributed by atoms with van der Waals surface area (Å²) in [4.78, 5) is 19.9. The second-order valence-corrected chi connectivity index (χ2v) is 5.65. The van der Waals surface area contributed by atoms with Crippen LogP contribution in [0.4, 0.5) is 5.69 Å². The Morgan fingerprint density at radius 2 is 1.86 bits per heavy atom. The first kappa shape index (κ1) is 15.4.